The molecule has 6 nitrogen and oxygen atoms in total. The molecule has 2 N–H and O–H groups in total. The van der Waals surface area contributed by atoms with E-state index in [1.165, 1.54) is 0 Å². The third-order valence-corrected chi connectivity index (χ3v) is 6.25. The van der Waals surface area contributed by atoms with E-state index in [9.17, 15) is 8.42 Å². The average molecular weight is 302 g/mol. The third kappa shape index (κ3) is 3.71. The summed E-state index contributed by atoms with van der Waals surface area (Å²) in [6, 6.07) is 0.144. The van der Waals surface area contributed by atoms with Crippen molar-refractivity contribution in [3.05, 3.63) is 0 Å². The van der Waals surface area contributed by atoms with Gasteiger partial charge in [0.1, 0.15) is 0 Å². The van der Waals surface area contributed by atoms with Gasteiger partial charge in [-0.05, 0) is 31.8 Å². The molecule has 0 spiro atoms. The standard InChI is InChI=1S/C13H26N4O2S/c18-20(19,10-9-16-7-3-14-4-8-16)15-13-11-17-5-1-12(13)2-6-17/h12-15H,1-11H2. The number of piperazine rings is 1. The Hall–Kier alpha value is -0.210. The van der Waals surface area contributed by atoms with Gasteiger partial charge >= 0.3 is 0 Å². The molecule has 0 saturated carbocycles. The van der Waals surface area contributed by atoms with Gasteiger partial charge < -0.3 is 10.2 Å². The fourth-order valence-electron chi connectivity index (χ4n) is 3.57. The van der Waals surface area contributed by atoms with Crippen LogP contribution in [0.4, 0.5) is 0 Å². The molecule has 4 fully saturated rings. The van der Waals surface area contributed by atoms with E-state index in [1.807, 2.05) is 0 Å². The summed E-state index contributed by atoms with van der Waals surface area (Å²) in [6.45, 7) is 7.67. The van der Waals surface area contributed by atoms with E-state index in [0.29, 0.717) is 12.5 Å². The minimum Gasteiger partial charge on any atom is -0.314 e. The summed E-state index contributed by atoms with van der Waals surface area (Å²) in [5.41, 5.74) is 0. The van der Waals surface area contributed by atoms with E-state index < -0.39 is 10.0 Å². The Morgan fingerprint density at radius 2 is 1.80 bits per heavy atom. The largest absolute Gasteiger partial charge is 0.314 e. The third-order valence-electron chi connectivity index (χ3n) is 4.87. The first-order chi connectivity index (χ1) is 9.62. The minimum absolute atomic E-state index is 0.144. The number of hydrogen-bond acceptors (Lipinski definition) is 5. The van der Waals surface area contributed by atoms with Crippen molar-refractivity contribution in [2.24, 2.45) is 5.92 Å². The van der Waals surface area contributed by atoms with Crippen LogP contribution in [-0.2, 0) is 10.0 Å². The maximum Gasteiger partial charge on any atom is 0.213 e. The molecule has 0 amide bonds. The Balaban J connectivity index is 1.48. The molecule has 0 aromatic rings. The number of fused-ring (bicyclic) bond motifs is 3. The van der Waals surface area contributed by atoms with Crippen LogP contribution in [0.25, 0.3) is 0 Å². The van der Waals surface area contributed by atoms with Crippen molar-refractivity contribution in [1.82, 2.24) is 19.8 Å². The van der Waals surface area contributed by atoms with E-state index in [4.69, 9.17) is 0 Å². The topological polar surface area (TPSA) is 64.7 Å². The fourth-order valence-corrected chi connectivity index (χ4v) is 4.92. The second kappa shape index (κ2) is 6.27. The summed E-state index contributed by atoms with van der Waals surface area (Å²) in [6.07, 6.45) is 2.29. The highest BCUT2D eigenvalue weighted by molar-refractivity contribution is 7.89. The van der Waals surface area contributed by atoms with Gasteiger partial charge in [0.25, 0.3) is 0 Å². The van der Waals surface area contributed by atoms with Crippen LogP contribution in [0.1, 0.15) is 12.8 Å². The van der Waals surface area contributed by atoms with Gasteiger partial charge in [-0.15, -0.1) is 0 Å². The van der Waals surface area contributed by atoms with Gasteiger partial charge in [-0.3, -0.25) is 4.90 Å². The molecular weight excluding hydrogens is 276 g/mol. The lowest BCUT2D eigenvalue weighted by Gasteiger charge is -2.44. The smallest absolute Gasteiger partial charge is 0.213 e. The van der Waals surface area contributed by atoms with E-state index in [2.05, 4.69) is 19.8 Å². The summed E-state index contributed by atoms with van der Waals surface area (Å²) < 4.78 is 27.4. The van der Waals surface area contributed by atoms with Crippen LogP contribution in [-0.4, -0.2) is 82.4 Å². The Bertz CT molecular complexity index is 414. The monoisotopic (exact) mass is 302 g/mol. The molecule has 4 aliphatic heterocycles. The quantitative estimate of drug-likeness (QED) is 0.675. The van der Waals surface area contributed by atoms with Gasteiger partial charge in [0.2, 0.25) is 10.0 Å². The van der Waals surface area contributed by atoms with Crippen molar-refractivity contribution >= 4 is 10.0 Å². The zero-order chi connectivity index (χ0) is 14.0. The lowest BCUT2D eigenvalue weighted by atomic mass is 9.85. The first-order valence-corrected chi connectivity index (χ1v) is 9.43. The summed E-state index contributed by atoms with van der Waals surface area (Å²) >= 11 is 0. The molecule has 2 bridgehead atoms. The molecule has 0 aliphatic carbocycles. The molecule has 4 rings (SSSR count). The van der Waals surface area contributed by atoms with Crippen LogP contribution in [0.2, 0.25) is 0 Å². The van der Waals surface area contributed by atoms with E-state index >= 15 is 0 Å². The molecule has 4 aliphatic rings. The molecule has 4 saturated heterocycles. The number of piperidine rings is 3. The zero-order valence-electron chi connectivity index (χ0n) is 12.1. The van der Waals surface area contributed by atoms with Crippen molar-refractivity contribution in [1.29, 1.82) is 0 Å². The minimum atomic E-state index is -3.14. The maximum atomic E-state index is 12.2. The first kappa shape index (κ1) is 14.7. The summed E-state index contributed by atoms with van der Waals surface area (Å²) in [5, 5.41) is 3.28. The average Bonchev–Trinajstić information content (AvgIpc) is 2.47. The van der Waals surface area contributed by atoms with Gasteiger partial charge in [0.05, 0.1) is 5.75 Å². The molecule has 0 radical (unpaired) electrons. The normalized spacial score (nSPS) is 35.3. The first-order valence-electron chi connectivity index (χ1n) is 7.78. The number of nitrogens with one attached hydrogen (secondary N) is 2. The molecule has 7 heteroatoms. The van der Waals surface area contributed by atoms with Gasteiger partial charge in [0, 0.05) is 45.3 Å². The lowest BCUT2D eigenvalue weighted by Crippen LogP contribution is -2.57. The van der Waals surface area contributed by atoms with E-state index in [1.54, 1.807) is 0 Å². The molecular formula is C13H26N4O2S. The number of rotatable bonds is 5. The van der Waals surface area contributed by atoms with Gasteiger partial charge in [-0.25, -0.2) is 13.1 Å². The molecule has 0 aromatic heterocycles. The van der Waals surface area contributed by atoms with Crippen LogP contribution in [0.15, 0.2) is 0 Å². The molecule has 4 heterocycles. The SMILES string of the molecule is O=S(=O)(CCN1CCNCC1)NC1CN2CCC1CC2. The predicted molar refractivity (Wildman–Crippen MR) is 79.2 cm³/mol. The Kier molecular flexibility index (Phi) is 4.62. The highest BCUT2D eigenvalue weighted by Gasteiger charge is 2.36. The van der Waals surface area contributed by atoms with Crippen LogP contribution in [0, 0.1) is 5.92 Å². The maximum absolute atomic E-state index is 12.2. The second-order valence-electron chi connectivity index (χ2n) is 6.27. The fraction of sp³-hybridized carbons (Fsp3) is 1.00. The Labute approximate surface area is 121 Å². The number of nitrogens with zero attached hydrogens (tertiary/aromatic N) is 2. The highest BCUT2D eigenvalue weighted by Crippen LogP contribution is 2.27. The van der Waals surface area contributed by atoms with Gasteiger partial charge in [-0.2, -0.15) is 0 Å². The Morgan fingerprint density at radius 3 is 2.40 bits per heavy atom. The zero-order valence-corrected chi connectivity index (χ0v) is 12.9. The molecule has 1 unspecified atom stereocenters. The van der Waals surface area contributed by atoms with Crippen molar-refractivity contribution in [2.45, 2.75) is 18.9 Å². The van der Waals surface area contributed by atoms with Crippen LogP contribution in [0.5, 0.6) is 0 Å². The molecule has 20 heavy (non-hydrogen) atoms. The highest BCUT2D eigenvalue weighted by atomic mass is 32.2. The lowest BCUT2D eigenvalue weighted by molar-refractivity contribution is 0.0826. The Morgan fingerprint density at radius 1 is 1.10 bits per heavy atom. The van der Waals surface area contributed by atoms with E-state index in [-0.39, 0.29) is 11.8 Å². The molecule has 0 aromatic carbocycles. The summed E-state index contributed by atoms with van der Waals surface area (Å²) in [4.78, 5) is 4.61. The van der Waals surface area contributed by atoms with Crippen LogP contribution < -0.4 is 10.0 Å². The number of sulfonamides is 1. The van der Waals surface area contributed by atoms with Crippen LogP contribution in [0.3, 0.4) is 0 Å². The second-order valence-corrected chi connectivity index (χ2v) is 8.15. The predicted octanol–water partition coefficient (Wildman–Crippen LogP) is -1.09. The van der Waals surface area contributed by atoms with Crippen LogP contribution >= 0.6 is 0 Å². The van der Waals surface area contributed by atoms with Gasteiger partial charge in [0.15, 0.2) is 0 Å². The summed E-state index contributed by atoms with van der Waals surface area (Å²) in [5.74, 6) is 0.782. The van der Waals surface area contributed by atoms with E-state index in [0.717, 1.165) is 58.7 Å². The van der Waals surface area contributed by atoms with Gasteiger partial charge in [-0.1, -0.05) is 0 Å². The van der Waals surface area contributed by atoms with Crippen molar-refractivity contribution in [3.8, 4) is 0 Å². The number of hydrogen-bond donors (Lipinski definition) is 2. The molecule has 116 valence electrons. The van der Waals surface area contributed by atoms with Crippen molar-refractivity contribution in [2.75, 3.05) is 58.1 Å². The van der Waals surface area contributed by atoms with Crippen molar-refractivity contribution in [3.63, 3.8) is 0 Å². The summed E-state index contributed by atoms with van der Waals surface area (Å²) in [7, 11) is -3.14. The van der Waals surface area contributed by atoms with Crippen molar-refractivity contribution < 1.29 is 8.42 Å². The molecule has 1 atom stereocenters.